The fourth-order valence-electron chi connectivity index (χ4n) is 1.88. The summed E-state index contributed by atoms with van der Waals surface area (Å²) in [5, 5.41) is 9.42. The Labute approximate surface area is 113 Å². The number of para-hydroxylation sites is 1. The number of benzene rings is 1. The molecule has 19 heavy (non-hydrogen) atoms. The molecule has 0 aliphatic rings. The number of rotatable bonds is 4. The second kappa shape index (κ2) is 5.85. The fourth-order valence-corrected chi connectivity index (χ4v) is 1.88. The van der Waals surface area contributed by atoms with Gasteiger partial charge in [0.25, 0.3) is 0 Å². The fraction of sp³-hybridized carbons (Fsp3) is 0.312. The third kappa shape index (κ3) is 3.32. The van der Waals surface area contributed by atoms with Crippen molar-refractivity contribution in [1.82, 2.24) is 4.98 Å². The van der Waals surface area contributed by atoms with E-state index in [0.29, 0.717) is 17.4 Å². The molecule has 0 radical (unpaired) electrons. The molecule has 0 bridgehead atoms. The average Bonchev–Trinajstić information content (AvgIpc) is 2.39. The van der Waals surface area contributed by atoms with Crippen molar-refractivity contribution in [3.63, 3.8) is 0 Å². The van der Waals surface area contributed by atoms with E-state index in [4.69, 9.17) is 4.74 Å². The van der Waals surface area contributed by atoms with Crippen LogP contribution in [0.25, 0.3) is 0 Å². The predicted molar refractivity (Wildman–Crippen MR) is 75.5 cm³/mol. The zero-order chi connectivity index (χ0) is 13.8. The summed E-state index contributed by atoms with van der Waals surface area (Å²) in [6.45, 7) is 5.96. The summed E-state index contributed by atoms with van der Waals surface area (Å²) in [5.74, 6) is 1.93. The minimum absolute atomic E-state index is 0.404. The normalized spacial score (nSPS) is 12.5. The van der Waals surface area contributed by atoms with E-state index in [2.05, 4.69) is 24.9 Å². The van der Waals surface area contributed by atoms with Crippen molar-refractivity contribution in [1.29, 1.82) is 0 Å². The van der Waals surface area contributed by atoms with Crippen LogP contribution in [0, 0.1) is 0 Å². The highest BCUT2D eigenvalue weighted by molar-refractivity contribution is 5.39. The first-order valence-corrected chi connectivity index (χ1v) is 6.48. The molecule has 0 aliphatic carbocycles. The summed E-state index contributed by atoms with van der Waals surface area (Å²) in [5.41, 5.74) is 1.81. The summed E-state index contributed by atoms with van der Waals surface area (Å²) in [6.07, 6.45) is 1.08. The highest BCUT2D eigenvalue weighted by Gasteiger charge is 2.08. The number of hydrogen-bond acceptors (Lipinski definition) is 3. The lowest BCUT2D eigenvalue weighted by Gasteiger charge is -2.13. The van der Waals surface area contributed by atoms with E-state index in [1.54, 1.807) is 19.2 Å². The maximum Gasteiger partial charge on any atom is 0.145 e. The van der Waals surface area contributed by atoms with Gasteiger partial charge in [-0.05, 0) is 36.6 Å². The molecule has 1 aromatic heterocycles. The molecule has 0 unspecified atom stereocenters. The number of aliphatic hydroxyl groups is 1. The van der Waals surface area contributed by atoms with Crippen molar-refractivity contribution in [2.45, 2.75) is 32.8 Å². The smallest absolute Gasteiger partial charge is 0.145 e. The minimum atomic E-state index is -0.558. The monoisotopic (exact) mass is 257 g/mol. The first-order chi connectivity index (χ1) is 9.08. The Bertz CT molecular complexity index is 533. The quantitative estimate of drug-likeness (QED) is 0.898. The molecule has 0 saturated carbocycles. The lowest BCUT2D eigenvalue weighted by atomic mass is 10.0. The minimum Gasteiger partial charge on any atom is -0.455 e. The largest absolute Gasteiger partial charge is 0.455 e. The van der Waals surface area contributed by atoms with Gasteiger partial charge in [0.05, 0.1) is 18.0 Å². The topological polar surface area (TPSA) is 42.4 Å². The number of aliphatic hydroxyl groups excluding tert-OH is 1. The van der Waals surface area contributed by atoms with Gasteiger partial charge in [-0.2, -0.15) is 0 Å². The number of hydrogen-bond donors (Lipinski definition) is 1. The summed E-state index contributed by atoms with van der Waals surface area (Å²) >= 11 is 0. The molecule has 2 rings (SSSR count). The lowest BCUT2D eigenvalue weighted by Crippen LogP contribution is -1.97. The molecule has 100 valence electrons. The van der Waals surface area contributed by atoms with Gasteiger partial charge in [0.2, 0.25) is 0 Å². The van der Waals surface area contributed by atoms with Crippen molar-refractivity contribution < 1.29 is 9.84 Å². The second-order valence-corrected chi connectivity index (χ2v) is 4.89. The Morgan fingerprint density at radius 1 is 1.05 bits per heavy atom. The van der Waals surface area contributed by atoms with E-state index in [1.165, 1.54) is 5.56 Å². The van der Waals surface area contributed by atoms with Gasteiger partial charge in [-0.3, -0.25) is 4.98 Å². The molecule has 0 amide bonds. The van der Waals surface area contributed by atoms with Crippen LogP contribution in [0.4, 0.5) is 0 Å². The maximum absolute atomic E-state index is 9.42. The third-order valence-corrected chi connectivity index (χ3v) is 2.96. The Kier molecular flexibility index (Phi) is 4.17. The van der Waals surface area contributed by atoms with E-state index in [1.807, 2.05) is 24.3 Å². The number of ether oxygens (including phenoxy) is 1. The molecule has 3 nitrogen and oxygen atoms in total. The summed E-state index contributed by atoms with van der Waals surface area (Å²) < 4.78 is 5.86. The summed E-state index contributed by atoms with van der Waals surface area (Å²) in [6, 6.07) is 11.6. The molecule has 1 aromatic carbocycles. The van der Waals surface area contributed by atoms with Crippen LogP contribution in [0.2, 0.25) is 0 Å². The number of nitrogens with zero attached hydrogens (tertiary/aromatic N) is 1. The van der Waals surface area contributed by atoms with E-state index >= 15 is 0 Å². The summed E-state index contributed by atoms with van der Waals surface area (Å²) in [7, 11) is 0. The Balaban J connectivity index is 2.21. The van der Waals surface area contributed by atoms with Crippen molar-refractivity contribution >= 4 is 0 Å². The van der Waals surface area contributed by atoms with E-state index in [0.717, 1.165) is 5.75 Å². The van der Waals surface area contributed by atoms with Crippen LogP contribution in [0.1, 0.15) is 44.1 Å². The molecule has 0 spiro atoms. The first-order valence-electron chi connectivity index (χ1n) is 6.48. The van der Waals surface area contributed by atoms with Gasteiger partial charge in [-0.15, -0.1) is 0 Å². The van der Waals surface area contributed by atoms with Gasteiger partial charge in [0.15, 0.2) is 0 Å². The van der Waals surface area contributed by atoms with Gasteiger partial charge < -0.3 is 9.84 Å². The third-order valence-electron chi connectivity index (χ3n) is 2.96. The highest BCUT2D eigenvalue weighted by atomic mass is 16.5. The predicted octanol–water partition coefficient (Wildman–Crippen LogP) is 4.05. The molecule has 0 saturated heterocycles. The van der Waals surface area contributed by atoms with E-state index in [9.17, 15) is 5.11 Å². The van der Waals surface area contributed by atoms with Crippen molar-refractivity contribution in [2.24, 2.45) is 0 Å². The molecule has 3 heteroatoms. The summed E-state index contributed by atoms with van der Waals surface area (Å²) in [4.78, 5) is 4.17. The zero-order valence-electron chi connectivity index (χ0n) is 11.5. The molecule has 0 fully saturated rings. The van der Waals surface area contributed by atoms with Gasteiger partial charge >= 0.3 is 0 Å². The van der Waals surface area contributed by atoms with Crippen molar-refractivity contribution in [2.75, 3.05) is 0 Å². The SMILES string of the molecule is CC(C)c1ccccc1Oc1ccc([C@H](C)O)nc1. The van der Waals surface area contributed by atoms with Crippen LogP contribution in [0.3, 0.4) is 0 Å². The lowest BCUT2D eigenvalue weighted by molar-refractivity contribution is 0.194. The second-order valence-electron chi connectivity index (χ2n) is 4.89. The van der Waals surface area contributed by atoms with Gasteiger partial charge in [0.1, 0.15) is 11.5 Å². The number of aromatic nitrogens is 1. The molecular weight excluding hydrogens is 238 g/mol. The van der Waals surface area contributed by atoms with Crippen LogP contribution in [-0.2, 0) is 0 Å². The molecule has 1 atom stereocenters. The van der Waals surface area contributed by atoms with Gasteiger partial charge in [0, 0.05) is 0 Å². The highest BCUT2D eigenvalue weighted by Crippen LogP contribution is 2.30. The average molecular weight is 257 g/mol. The number of pyridine rings is 1. The van der Waals surface area contributed by atoms with Crippen LogP contribution in [-0.4, -0.2) is 10.1 Å². The molecule has 0 aliphatic heterocycles. The van der Waals surface area contributed by atoms with Gasteiger partial charge in [-0.25, -0.2) is 0 Å². The van der Waals surface area contributed by atoms with Gasteiger partial charge in [-0.1, -0.05) is 32.0 Å². The van der Waals surface area contributed by atoms with Crippen LogP contribution in [0.15, 0.2) is 42.6 Å². The maximum atomic E-state index is 9.42. The molecule has 2 aromatic rings. The van der Waals surface area contributed by atoms with Crippen LogP contribution >= 0.6 is 0 Å². The first kappa shape index (κ1) is 13.6. The molecular formula is C16H19NO2. The van der Waals surface area contributed by atoms with Crippen molar-refractivity contribution in [3.8, 4) is 11.5 Å². The van der Waals surface area contributed by atoms with Crippen LogP contribution in [0.5, 0.6) is 11.5 Å². The Hall–Kier alpha value is -1.87. The zero-order valence-corrected chi connectivity index (χ0v) is 11.5. The standard InChI is InChI=1S/C16H19NO2/c1-11(2)14-6-4-5-7-16(14)19-13-8-9-15(12(3)18)17-10-13/h4-12,18H,1-3H3/t12-/m0/s1. The van der Waals surface area contributed by atoms with Crippen LogP contribution < -0.4 is 4.74 Å². The van der Waals surface area contributed by atoms with E-state index < -0.39 is 6.10 Å². The van der Waals surface area contributed by atoms with E-state index in [-0.39, 0.29) is 0 Å². The molecule has 1 heterocycles. The van der Waals surface area contributed by atoms with Crippen molar-refractivity contribution in [3.05, 3.63) is 53.9 Å². The Morgan fingerprint density at radius 3 is 2.37 bits per heavy atom. The molecule has 1 N–H and O–H groups in total. The Morgan fingerprint density at radius 2 is 1.79 bits per heavy atom.